The molecule has 8 heteroatoms. The molecule has 0 saturated carbocycles. The number of rotatable bonds is 5. The van der Waals surface area contributed by atoms with Gasteiger partial charge in [0.15, 0.2) is 0 Å². The maximum Gasteiger partial charge on any atom is 0.263 e. The zero-order valence-electron chi connectivity index (χ0n) is 16.0. The van der Waals surface area contributed by atoms with Crippen molar-refractivity contribution in [1.29, 1.82) is 0 Å². The van der Waals surface area contributed by atoms with Gasteiger partial charge in [0.05, 0.1) is 19.3 Å². The third-order valence-corrected chi connectivity index (χ3v) is 8.04. The van der Waals surface area contributed by atoms with Crippen molar-refractivity contribution in [1.82, 2.24) is 9.62 Å². The highest BCUT2D eigenvalue weighted by Gasteiger charge is 2.31. The average molecular weight is 431 g/mol. The summed E-state index contributed by atoms with van der Waals surface area (Å²) in [4.78, 5) is 13.2. The summed E-state index contributed by atoms with van der Waals surface area (Å²) in [5.41, 5.74) is 0.991. The van der Waals surface area contributed by atoms with Gasteiger partial charge in [0.2, 0.25) is 10.0 Å². The quantitative estimate of drug-likeness (QED) is 0.673. The Balaban J connectivity index is 1.59. The zero-order chi connectivity index (χ0) is 20.4. The van der Waals surface area contributed by atoms with E-state index in [-0.39, 0.29) is 21.7 Å². The lowest BCUT2D eigenvalue weighted by Crippen LogP contribution is -2.41. The number of carbonyl (C=O) groups excluding carboxylic acids is 1. The minimum atomic E-state index is -3.73. The first-order chi connectivity index (χ1) is 14.0. The molecule has 3 aromatic rings. The molecular weight excluding hydrogens is 408 g/mol. The molecule has 1 N–H and O–H groups in total. The summed E-state index contributed by atoms with van der Waals surface area (Å²) >= 11 is 1.14. The largest absolute Gasteiger partial charge is 0.379 e. The molecule has 1 aliphatic rings. The minimum Gasteiger partial charge on any atom is -0.379 e. The maximum absolute atomic E-state index is 13.0. The van der Waals surface area contributed by atoms with Gasteiger partial charge < -0.3 is 10.1 Å². The third-order valence-electron chi connectivity index (χ3n) is 5.06. The Labute approximate surface area is 174 Å². The second-order valence-corrected chi connectivity index (χ2v) is 9.72. The summed E-state index contributed by atoms with van der Waals surface area (Å²) in [6.07, 6.45) is 0. The summed E-state index contributed by atoms with van der Waals surface area (Å²) in [5, 5.41) is 6.77. The Kier molecular flexibility index (Phi) is 5.69. The Morgan fingerprint density at radius 3 is 2.62 bits per heavy atom. The topological polar surface area (TPSA) is 75.7 Å². The molecule has 29 heavy (non-hydrogen) atoms. The van der Waals surface area contributed by atoms with E-state index >= 15 is 0 Å². The van der Waals surface area contributed by atoms with Gasteiger partial charge in [-0.25, -0.2) is 8.42 Å². The zero-order valence-corrected chi connectivity index (χ0v) is 17.6. The van der Waals surface area contributed by atoms with Crippen LogP contribution in [-0.2, 0) is 14.8 Å². The number of nitrogens with one attached hydrogen (secondary N) is 1. The number of amides is 1. The van der Waals surface area contributed by atoms with E-state index in [1.165, 1.54) is 10.4 Å². The third kappa shape index (κ3) is 3.93. The van der Waals surface area contributed by atoms with E-state index in [0.717, 1.165) is 27.7 Å². The fraction of sp³-hybridized carbons (Fsp3) is 0.286. The first-order valence-electron chi connectivity index (χ1n) is 9.42. The van der Waals surface area contributed by atoms with Crippen LogP contribution in [0.2, 0.25) is 0 Å². The first kappa shape index (κ1) is 20.0. The van der Waals surface area contributed by atoms with Gasteiger partial charge in [0.25, 0.3) is 5.91 Å². The van der Waals surface area contributed by atoms with E-state index in [1.807, 2.05) is 49.4 Å². The van der Waals surface area contributed by atoms with Crippen LogP contribution in [-0.4, -0.2) is 44.9 Å². The summed E-state index contributed by atoms with van der Waals surface area (Å²) in [6, 6.07) is 15.2. The normalized spacial score (nSPS) is 16.6. The molecule has 0 radical (unpaired) electrons. The van der Waals surface area contributed by atoms with Crippen molar-refractivity contribution < 1.29 is 17.9 Å². The van der Waals surface area contributed by atoms with Crippen molar-refractivity contribution in [2.45, 2.75) is 17.9 Å². The Hall–Kier alpha value is -2.26. The molecular formula is C21H22N2O4S2. The Bertz CT molecular complexity index is 1130. The van der Waals surface area contributed by atoms with E-state index in [2.05, 4.69) is 5.32 Å². The van der Waals surface area contributed by atoms with Crippen LogP contribution >= 0.6 is 11.3 Å². The molecule has 1 fully saturated rings. The predicted octanol–water partition coefficient (Wildman–Crippen LogP) is 3.41. The van der Waals surface area contributed by atoms with Crippen molar-refractivity contribution in [2.75, 3.05) is 26.3 Å². The number of thiophene rings is 1. The number of carbonyl (C=O) groups is 1. The lowest BCUT2D eigenvalue weighted by molar-refractivity contribution is 0.0730. The van der Waals surface area contributed by atoms with Gasteiger partial charge in [-0.15, -0.1) is 11.3 Å². The number of benzene rings is 2. The molecule has 1 aromatic heterocycles. The van der Waals surface area contributed by atoms with Crippen LogP contribution in [0.25, 0.3) is 10.8 Å². The second kappa shape index (κ2) is 8.23. The maximum atomic E-state index is 13.0. The van der Waals surface area contributed by atoms with Crippen molar-refractivity contribution in [3.05, 3.63) is 64.4 Å². The van der Waals surface area contributed by atoms with Crippen molar-refractivity contribution in [2.24, 2.45) is 0 Å². The number of nitrogens with zero attached hydrogens (tertiary/aromatic N) is 1. The summed E-state index contributed by atoms with van der Waals surface area (Å²) < 4.78 is 32.6. The number of fused-ring (bicyclic) bond motifs is 1. The highest BCUT2D eigenvalue weighted by Crippen LogP contribution is 2.28. The molecule has 1 saturated heterocycles. The van der Waals surface area contributed by atoms with Gasteiger partial charge >= 0.3 is 0 Å². The fourth-order valence-electron chi connectivity index (χ4n) is 3.56. The lowest BCUT2D eigenvalue weighted by atomic mass is 10.00. The highest BCUT2D eigenvalue weighted by molar-refractivity contribution is 7.89. The average Bonchev–Trinajstić information content (AvgIpc) is 3.25. The number of ether oxygens (including phenoxy) is 1. The molecule has 1 atom stereocenters. The summed E-state index contributed by atoms with van der Waals surface area (Å²) in [7, 11) is -3.73. The molecule has 2 aromatic carbocycles. The van der Waals surface area contributed by atoms with Crippen LogP contribution in [0, 0.1) is 0 Å². The van der Waals surface area contributed by atoms with Gasteiger partial charge in [-0.1, -0.05) is 42.5 Å². The van der Waals surface area contributed by atoms with Crippen molar-refractivity contribution >= 4 is 38.0 Å². The number of sulfonamides is 1. The van der Waals surface area contributed by atoms with Crippen molar-refractivity contribution in [3.8, 4) is 0 Å². The molecule has 152 valence electrons. The van der Waals surface area contributed by atoms with Crippen LogP contribution in [0.1, 0.15) is 28.2 Å². The molecule has 0 bridgehead atoms. The van der Waals surface area contributed by atoms with Crippen LogP contribution in [0.15, 0.2) is 58.8 Å². The first-order valence-corrected chi connectivity index (χ1v) is 11.7. The monoisotopic (exact) mass is 430 g/mol. The van der Waals surface area contributed by atoms with Crippen LogP contribution < -0.4 is 5.32 Å². The van der Waals surface area contributed by atoms with E-state index in [4.69, 9.17) is 4.74 Å². The standard InChI is InChI=1S/C21H22N2O4S2/c1-15(17-8-4-6-16-5-2-3-7-18(16)17)22-21(24)20-19(9-14-28-20)29(25,26)23-10-12-27-13-11-23/h2-9,14-15H,10-13H2,1H3,(H,22,24). The van der Waals surface area contributed by atoms with E-state index in [9.17, 15) is 13.2 Å². The van der Waals surface area contributed by atoms with E-state index in [1.54, 1.807) is 5.38 Å². The SMILES string of the molecule is CC(NC(=O)c1sccc1S(=O)(=O)N1CCOCC1)c1cccc2ccccc12. The minimum absolute atomic E-state index is 0.0621. The summed E-state index contributed by atoms with van der Waals surface area (Å²) in [5.74, 6) is -0.382. The van der Waals surface area contributed by atoms with Gasteiger partial charge in [-0.05, 0) is 34.7 Å². The molecule has 4 rings (SSSR count). The molecule has 6 nitrogen and oxygen atoms in total. The van der Waals surface area contributed by atoms with Gasteiger partial charge in [-0.3, -0.25) is 4.79 Å². The van der Waals surface area contributed by atoms with Crippen molar-refractivity contribution in [3.63, 3.8) is 0 Å². The number of morpholine rings is 1. The van der Waals surface area contributed by atoms with Crippen LogP contribution in [0.3, 0.4) is 0 Å². The fourth-order valence-corrected chi connectivity index (χ4v) is 6.27. The van der Waals surface area contributed by atoms with Gasteiger partial charge in [-0.2, -0.15) is 4.31 Å². The Morgan fingerprint density at radius 2 is 1.83 bits per heavy atom. The van der Waals surface area contributed by atoms with Gasteiger partial charge in [0, 0.05) is 13.1 Å². The van der Waals surface area contributed by atoms with Crippen LogP contribution in [0.5, 0.6) is 0 Å². The van der Waals surface area contributed by atoms with Crippen LogP contribution in [0.4, 0.5) is 0 Å². The predicted molar refractivity (Wildman–Crippen MR) is 114 cm³/mol. The molecule has 1 amide bonds. The van der Waals surface area contributed by atoms with E-state index < -0.39 is 10.0 Å². The smallest absolute Gasteiger partial charge is 0.263 e. The molecule has 0 aliphatic carbocycles. The van der Waals surface area contributed by atoms with Gasteiger partial charge in [0.1, 0.15) is 9.77 Å². The molecule has 1 unspecified atom stereocenters. The second-order valence-electron chi connectivity index (χ2n) is 6.89. The molecule has 0 spiro atoms. The van der Waals surface area contributed by atoms with E-state index in [0.29, 0.717) is 26.3 Å². The lowest BCUT2D eigenvalue weighted by Gasteiger charge is -2.26. The molecule has 2 heterocycles. The number of hydrogen-bond acceptors (Lipinski definition) is 5. The highest BCUT2D eigenvalue weighted by atomic mass is 32.2. The molecule has 1 aliphatic heterocycles. The number of hydrogen-bond donors (Lipinski definition) is 1. The summed E-state index contributed by atoms with van der Waals surface area (Å²) in [6.45, 7) is 3.23. The Morgan fingerprint density at radius 1 is 1.10 bits per heavy atom.